The highest BCUT2D eigenvalue weighted by Gasteiger charge is 2.20. The van der Waals surface area contributed by atoms with Crippen LogP contribution in [0.3, 0.4) is 0 Å². The number of carbonyl (C=O) groups is 1. The lowest BCUT2D eigenvalue weighted by Crippen LogP contribution is -2.40. The van der Waals surface area contributed by atoms with Gasteiger partial charge in [-0.15, -0.1) is 0 Å². The molecule has 1 amide bonds. The Morgan fingerprint density at radius 3 is 2.49 bits per heavy atom. The van der Waals surface area contributed by atoms with Crippen molar-refractivity contribution >= 4 is 16.8 Å². The summed E-state index contributed by atoms with van der Waals surface area (Å²) in [6.45, 7) is 3.24. The number of amides is 1. The zero-order chi connectivity index (χ0) is 24.8. The average molecular weight is 485 g/mol. The molecule has 0 atom stereocenters. The molecule has 4 rings (SSSR count). The minimum atomic E-state index is -0.326. The molecule has 1 aromatic heterocycles. The number of methoxy groups -OCH3 is 2. The van der Waals surface area contributed by atoms with Crippen LogP contribution in [0.15, 0.2) is 41.2 Å². The highest BCUT2D eigenvalue weighted by atomic mass is 19.1. The summed E-state index contributed by atoms with van der Waals surface area (Å²) in [5.74, 6) is 0.767. The Balaban J connectivity index is 1.59. The molecule has 1 aliphatic heterocycles. The zero-order valence-electron chi connectivity index (χ0n) is 19.9. The number of hydrogen-bond acceptors (Lipinski definition) is 7. The summed E-state index contributed by atoms with van der Waals surface area (Å²) in [5.41, 5.74) is 1.06. The van der Waals surface area contributed by atoms with Crippen LogP contribution in [-0.2, 0) is 29.0 Å². The second-order valence-electron chi connectivity index (χ2n) is 8.26. The first kappa shape index (κ1) is 24.6. The molecule has 35 heavy (non-hydrogen) atoms. The number of nitrogens with zero attached hydrogens (tertiary/aromatic N) is 3. The van der Waals surface area contributed by atoms with E-state index in [1.807, 2.05) is 0 Å². The number of halogens is 1. The first-order valence-electron chi connectivity index (χ1n) is 11.4. The largest absolute Gasteiger partial charge is 0.493 e. The second-order valence-corrected chi connectivity index (χ2v) is 8.26. The van der Waals surface area contributed by atoms with E-state index in [1.165, 1.54) is 30.9 Å². The summed E-state index contributed by atoms with van der Waals surface area (Å²) >= 11 is 0. The van der Waals surface area contributed by atoms with Crippen LogP contribution in [0.25, 0.3) is 10.9 Å². The second kappa shape index (κ2) is 11.3. The number of fused-ring (bicyclic) bond motifs is 1. The highest BCUT2D eigenvalue weighted by Crippen LogP contribution is 2.30. The fraction of sp³-hybridized carbons (Fsp3) is 0.400. The topological polar surface area (TPSA) is 94.9 Å². The van der Waals surface area contributed by atoms with Crippen molar-refractivity contribution in [2.24, 2.45) is 0 Å². The van der Waals surface area contributed by atoms with Gasteiger partial charge in [-0.3, -0.25) is 19.1 Å². The predicted octanol–water partition coefficient (Wildman–Crippen LogP) is 1.74. The number of benzene rings is 2. The van der Waals surface area contributed by atoms with Crippen molar-refractivity contribution < 1.29 is 23.4 Å². The summed E-state index contributed by atoms with van der Waals surface area (Å²) in [4.78, 5) is 33.1. The molecule has 0 saturated carbocycles. The van der Waals surface area contributed by atoms with Crippen LogP contribution in [0.1, 0.15) is 11.4 Å². The van der Waals surface area contributed by atoms with Crippen LogP contribution in [0.2, 0.25) is 0 Å². The standard InChI is InChI=1S/C25H29FN4O5/c1-33-21-13-19-20(14-22(21)34-2)28-23(15-29-9-11-35-12-10-29)30(25(19)32)16-24(31)27-8-7-17-3-5-18(26)6-4-17/h3-6,13-14H,7-12,15-16H2,1-2H3,(H,27,31). The molecule has 0 spiro atoms. The maximum atomic E-state index is 13.5. The first-order chi connectivity index (χ1) is 17.0. The summed E-state index contributed by atoms with van der Waals surface area (Å²) in [6.07, 6.45) is 0.550. The molecule has 1 fully saturated rings. The molecule has 1 saturated heterocycles. The van der Waals surface area contributed by atoms with E-state index in [9.17, 15) is 14.0 Å². The molecule has 0 bridgehead atoms. The summed E-state index contributed by atoms with van der Waals surface area (Å²) in [6, 6.07) is 9.40. The number of carbonyl (C=O) groups excluding carboxylic acids is 1. The van der Waals surface area contributed by atoms with Gasteiger partial charge in [0.05, 0.1) is 44.9 Å². The molecule has 2 aromatic carbocycles. The Kier molecular flexibility index (Phi) is 7.94. The van der Waals surface area contributed by atoms with Gasteiger partial charge in [0.25, 0.3) is 5.56 Å². The number of nitrogens with one attached hydrogen (secondary N) is 1. The van der Waals surface area contributed by atoms with Crippen LogP contribution in [0.5, 0.6) is 11.5 Å². The lowest BCUT2D eigenvalue weighted by Gasteiger charge is -2.27. The number of ether oxygens (including phenoxy) is 3. The first-order valence-corrected chi connectivity index (χ1v) is 11.4. The van der Waals surface area contributed by atoms with Crippen molar-refractivity contribution in [1.29, 1.82) is 0 Å². The lowest BCUT2D eigenvalue weighted by molar-refractivity contribution is -0.121. The minimum absolute atomic E-state index is 0.167. The number of hydrogen-bond donors (Lipinski definition) is 1. The van der Waals surface area contributed by atoms with Gasteiger partial charge in [-0.2, -0.15) is 0 Å². The smallest absolute Gasteiger partial charge is 0.262 e. The monoisotopic (exact) mass is 484 g/mol. The molecule has 1 N–H and O–H groups in total. The van der Waals surface area contributed by atoms with Gasteiger partial charge < -0.3 is 19.5 Å². The fourth-order valence-corrected chi connectivity index (χ4v) is 4.03. The molecule has 186 valence electrons. The van der Waals surface area contributed by atoms with Gasteiger partial charge in [0.1, 0.15) is 18.2 Å². The van der Waals surface area contributed by atoms with E-state index < -0.39 is 0 Å². The van der Waals surface area contributed by atoms with Crippen LogP contribution >= 0.6 is 0 Å². The van der Waals surface area contributed by atoms with Crippen LogP contribution in [0.4, 0.5) is 4.39 Å². The van der Waals surface area contributed by atoms with Gasteiger partial charge in [-0.05, 0) is 30.2 Å². The van der Waals surface area contributed by atoms with E-state index in [1.54, 1.807) is 24.3 Å². The number of rotatable bonds is 9. The Labute approximate surface area is 202 Å². The van der Waals surface area contributed by atoms with Crippen molar-refractivity contribution in [2.75, 3.05) is 47.1 Å². The third kappa shape index (κ3) is 5.95. The van der Waals surface area contributed by atoms with Gasteiger partial charge in [0, 0.05) is 25.7 Å². The summed E-state index contributed by atoms with van der Waals surface area (Å²) < 4.78 is 30.6. The highest BCUT2D eigenvalue weighted by molar-refractivity contribution is 5.82. The molecule has 2 heterocycles. The molecular weight excluding hydrogens is 455 g/mol. The molecule has 0 radical (unpaired) electrons. The minimum Gasteiger partial charge on any atom is -0.493 e. The SMILES string of the molecule is COc1cc2nc(CN3CCOCC3)n(CC(=O)NCCc3ccc(F)cc3)c(=O)c2cc1OC. The predicted molar refractivity (Wildman–Crippen MR) is 128 cm³/mol. The lowest BCUT2D eigenvalue weighted by atomic mass is 10.1. The van der Waals surface area contributed by atoms with E-state index in [-0.39, 0.29) is 23.8 Å². The molecule has 10 heteroatoms. The molecule has 9 nitrogen and oxygen atoms in total. The molecule has 0 aliphatic carbocycles. The van der Waals surface area contributed by atoms with Crippen molar-refractivity contribution in [3.8, 4) is 11.5 Å². The van der Waals surface area contributed by atoms with E-state index >= 15 is 0 Å². The van der Waals surface area contributed by atoms with Gasteiger partial charge in [-0.1, -0.05) is 12.1 Å². The fourth-order valence-electron chi connectivity index (χ4n) is 4.03. The maximum Gasteiger partial charge on any atom is 0.262 e. The molecule has 3 aromatic rings. The van der Waals surface area contributed by atoms with Crippen molar-refractivity contribution in [3.05, 3.63) is 64.0 Å². The van der Waals surface area contributed by atoms with Crippen molar-refractivity contribution in [3.63, 3.8) is 0 Å². The van der Waals surface area contributed by atoms with Crippen molar-refractivity contribution in [1.82, 2.24) is 19.8 Å². The third-order valence-corrected chi connectivity index (χ3v) is 5.96. The number of aromatic nitrogens is 2. The zero-order valence-corrected chi connectivity index (χ0v) is 19.9. The van der Waals surface area contributed by atoms with Crippen LogP contribution in [-0.4, -0.2) is 67.4 Å². The normalized spacial score (nSPS) is 14.1. The Morgan fingerprint density at radius 1 is 1.11 bits per heavy atom. The Hall–Kier alpha value is -3.50. The van der Waals surface area contributed by atoms with Crippen molar-refractivity contribution in [2.45, 2.75) is 19.5 Å². The Morgan fingerprint density at radius 2 is 1.80 bits per heavy atom. The van der Waals surface area contributed by atoms with Crippen LogP contribution < -0.4 is 20.3 Å². The average Bonchev–Trinajstić information content (AvgIpc) is 2.87. The quantitative estimate of drug-likeness (QED) is 0.494. The third-order valence-electron chi connectivity index (χ3n) is 5.96. The van der Waals surface area contributed by atoms with Gasteiger partial charge in [-0.25, -0.2) is 9.37 Å². The van der Waals surface area contributed by atoms with Crippen LogP contribution in [0, 0.1) is 5.82 Å². The van der Waals surface area contributed by atoms with E-state index in [0.717, 1.165) is 5.56 Å². The molecule has 0 unspecified atom stereocenters. The summed E-state index contributed by atoms with van der Waals surface area (Å²) in [7, 11) is 3.02. The maximum absolute atomic E-state index is 13.5. The number of morpholine rings is 1. The molecular formula is C25H29FN4O5. The Bertz CT molecular complexity index is 1240. The molecule has 1 aliphatic rings. The van der Waals surface area contributed by atoms with E-state index in [4.69, 9.17) is 19.2 Å². The van der Waals surface area contributed by atoms with Gasteiger partial charge in [0.2, 0.25) is 5.91 Å². The van der Waals surface area contributed by atoms with Gasteiger partial charge in [0.15, 0.2) is 11.5 Å². The van der Waals surface area contributed by atoms with E-state index in [0.29, 0.717) is 74.0 Å². The summed E-state index contributed by atoms with van der Waals surface area (Å²) in [5, 5.41) is 3.18. The van der Waals surface area contributed by atoms with Gasteiger partial charge >= 0.3 is 0 Å². The van der Waals surface area contributed by atoms with E-state index in [2.05, 4.69) is 10.2 Å².